The van der Waals surface area contributed by atoms with Crippen molar-refractivity contribution >= 4 is 32.7 Å². The molecular weight excluding hydrogens is 516 g/mol. The summed E-state index contributed by atoms with van der Waals surface area (Å²) in [6, 6.07) is 22.9. The Balaban J connectivity index is 1.38. The number of morpholine rings is 1. The lowest BCUT2D eigenvalue weighted by atomic mass is 10.0. The zero-order chi connectivity index (χ0) is 27.7. The summed E-state index contributed by atoms with van der Waals surface area (Å²) >= 11 is 0. The van der Waals surface area contributed by atoms with Crippen molar-refractivity contribution in [2.24, 2.45) is 7.05 Å². The summed E-state index contributed by atoms with van der Waals surface area (Å²) in [5.74, 6) is -1.12. The zero-order valence-electron chi connectivity index (χ0n) is 22.0. The predicted octanol–water partition coefficient (Wildman–Crippen LogP) is 4.68. The smallest absolute Gasteiger partial charge is 0.338 e. The maximum Gasteiger partial charge on any atom is 0.338 e. The average Bonchev–Trinajstić information content (AvgIpc) is 3.24. The highest BCUT2D eigenvalue weighted by Gasteiger charge is 2.32. The second-order valence-electron chi connectivity index (χ2n) is 9.77. The third-order valence-electron chi connectivity index (χ3n) is 6.86. The number of hydrogen-bond donors (Lipinski definition) is 0. The van der Waals surface area contributed by atoms with E-state index in [2.05, 4.69) is 0 Å². The second-order valence-corrected chi connectivity index (χ2v) is 11.7. The molecule has 1 aliphatic heterocycles. The van der Waals surface area contributed by atoms with Gasteiger partial charge in [0.05, 0.1) is 33.9 Å². The van der Waals surface area contributed by atoms with Crippen LogP contribution in [-0.2, 0) is 26.5 Å². The Morgan fingerprint density at radius 2 is 1.59 bits per heavy atom. The number of aryl methyl sites for hydroxylation is 1. The molecule has 5 rings (SSSR count). The highest BCUT2D eigenvalue weighted by atomic mass is 32.2. The standard InChI is InChI=1S/C30H30N2O6S/c1-20-17-32(18-21(2)38-20)39(35,36)24-13-9-12-23(16-24)30(34)37-19-27(33)28-25-14-7-8-15-26(25)31(3)29(28)22-10-5-4-6-11-22/h4-16,20-21H,17-19H2,1-3H3/t20-,21+. The van der Waals surface area contributed by atoms with Gasteiger partial charge in [0, 0.05) is 31.0 Å². The Bertz CT molecular complexity index is 1630. The monoisotopic (exact) mass is 546 g/mol. The van der Waals surface area contributed by atoms with E-state index in [1.807, 2.05) is 80.1 Å². The lowest BCUT2D eigenvalue weighted by Gasteiger charge is -2.34. The largest absolute Gasteiger partial charge is 0.454 e. The van der Waals surface area contributed by atoms with Crippen molar-refractivity contribution in [3.05, 3.63) is 90.0 Å². The zero-order valence-corrected chi connectivity index (χ0v) is 22.9. The van der Waals surface area contributed by atoms with E-state index in [9.17, 15) is 18.0 Å². The molecule has 1 aromatic heterocycles. The number of aromatic nitrogens is 1. The minimum atomic E-state index is -3.84. The fourth-order valence-electron chi connectivity index (χ4n) is 5.16. The highest BCUT2D eigenvalue weighted by Crippen LogP contribution is 2.33. The van der Waals surface area contributed by atoms with Gasteiger partial charge in [0.1, 0.15) is 0 Å². The van der Waals surface area contributed by atoms with Crippen molar-refractivity contribution in [2.45, 2.75) is 31.0 Å². The third kappa shape index (κ3) is 5.25. The van der Waals surface area contributed by atoms with Crippen LogP contribution in [0.4, 0.5) is 0 Å². The quantitative estimate of drug-likeness (QED) is 0.247. The minimum absolute atomic E-state index is 0.00927. The fraction of sp³-hybridized carbons (Fsp3) is 0.267. The number of benzene rings is 3. The van der Waals surface area contributed by atoms with E-state index in [1.165, 1.54) is 28.6 Å². The highest BCUT2D eigenvalue weighted by molar-refractivity contribution is 7.89. The molecule has 3 aromatic carbocycles. The number of carbonyl (C=O) groups is 2. The molecular formula is C30H30N2O6S. The third-order valence-corrected chi connectivity index (χ3v) is 8.69. The second kappa shape index (κ2) is 10.8. The van der Waals surface area contributed by atoms with Crippen molar-refractivity contribution < 1.29 is 27.5 Å². The summed E-state index contributed by atoms with van der Waals surface area (Å²) in [5, 5.41) is 0.766. The lowest BCUT2D eigenvalue weighted by Crippen LogP contribution is -2.48. The summed E-state index contributed by atoms with van der Waals surface area (Å²) in [7, 11) is -1.94. The number of sulfonamides is 1. The van der Waals surface area contributed by atoms with Gasteiger partial charge in [-0.05, 0) is 43.7 Å². The van der Waals surface area contributed by atoms with Gasteiger partial charge in [0.2, 0.25) is 15.8 Å². The van der Waals surface area contributed by atoms with Crippen LogP contribution in [0.3, 0.4) is 0 Å². The van der Waals surface area contributed by atoms with Gasteiger partial charge in [-0.15, -0.1) is 0 Å². The molecule has 0 aliphatic carbocycles. The Labute approximate surface area is 227 Å². The van der Waals surface area contributed by atoms with E-state index >= 15 is 0 Å². The number of esters is 1. The van der Waals surface area contributed by atoms with Crippen LogP contribution in [0.1, 0.15) is 34.6 Å². The van der Waals surface area contributed by atoms with Gasteiger partial charge in [0.15, 0.2) is 6.61 Å². The first-order valence-corrected chi connectivity index (χ1v) is 14.2. The molecule has 2 atom stereocenters. The molecule has 0 N–H and O–H groups in total. The number of Topliss-reactive ketones (excluding diaryl/α,β-unsaturated/α-hetero) is 1. The van der Waals surface area contributed by atoms with Crippen LogP contribution in [-0.4, -0.2) is 60.9 Å². The van der Waals surface area contributed by atoms with E-state index in [1.54, 1.807) is 0 Å². The predicted molar refractivity (Wildman–Crippen MR) is 148 cm³/mol. The molecule has 0 saturated carbocycles. The Morgan fingerprint density at radius 1 is 0.923 bits per heavy atom. The van der Waals surface area contributed by atoms with Crippen molar-refractivity contribution in [3.8, 4) is 11.3 Å². The number of rotatable bonds is 7. The van der Waals surface area contributed by atoms with Crippen molar-refractivity contribution in [1.82, 2.24) is 8.87 Å². The molecule has 1 aliphatic rings. The molecule has 0 unspecified atom stereocenters. The van der Waals surface area contributed by atoms with E-state index in [4.69, 9.17) is 9.47 Å². The molecule has 1 saturated heterocycles. The van der Waals surface area contributed by atoms with Crippen LogP contribution < -0.4 is 0 Å². The van der Waals surface area contributed by atoms with E-state index in [0.29, 0.717) is 5.56 Å². The molecule has 0 amide bonds. The molecule has 39 heavy (non-hydrogen) atoms. The van der Waals surface area contributed by atoms with Crippen LogP contribution in [0, 0.1) is 0 Å². The summed E-state index contributed by atoms with van der Waals surface area (Å²) in [5.41, 5.74) is 3.02. The maximum absolute atomic E-state index is 13.5. The number of ketones is 1. The van der Waals surface area contributed by atoms with Crippen molar-refractivity contribution in [1.29, 1.82) is 0 Å². The first-order valence-electron chi connectivity index (χ1n) is 12.8. The topological polar surface area (TPSA) is 94.9 Å². The number of para-hydroxylation sites is 1. The van der Waals surface area contributed by atoms with Crippen LogP contribution in [0.5, 0.6) is 0 Å². The summed E-state index contributed by atoms with van der Waals surface area (Å²) in [6.45, 7) is 3.61. The van der Waals surface area contributed by atoms with E-state index in [-0.39, 0.29) is 41.5 Å². The van der Waals surface area contributed by atoms with Crippen molar-refractivity contribution in [3.63, 3.8) is 0 Å². The number of nitrogens with zero attached hydrogens (tertiary/aromatic N) is 2. The molecule has 2 heterocycles. The van der Waals surface area contributed by atoms with Gasteiger partial charge in [-0.2, -0.15) is 4.31 Å². The molecule has 4 aromatic rings. The summed E-state index contributed by atoms with van der Waals surface area (Å²) < 4.78 is 40.9. The lowest BCUT2D eigenvalue weighted by molar-refractivity contribution is -0.0440. The Hall–Kier alpha value is -3.79. The molecule has 0 bridgehead atoms. The van der Waals surface area contributed by atoms with Gasteiger partial charge in [-0.25, -0.2) is 13.2 Å². The number of ether oxygens (including phenoxy) is 2. The average molecular weight is 547 g/mol. The van der Waals surface area contributed by atoms with Gasteiger partial charge >= 0.3 is 5.97 Å². The number of carbonyl (C=O) groups excluding carboxylic acids is 2. The number of hydrogen-bond acceptors (Lipinski definition) is 6. The SMILES string of the molecule is C[C@@H]1CN(S(=O)(=O)c2cccc(C(=O)OCC(=O)c3c(-c4ccccc4)n(C)c4ccccc34)c2)C[C@H](C)O1. The normalized spacial score (nSPS) is 18.2. The van der Waals surface area contributed by atoms with E-state index < -0.39 is 22.6 Å². The van der Waals surface area contributed by atoms with Crippen LogP contribution in [0.25, 0.3) is 22.2 Å². The maximum atomic E-state index is 13.5. The van der Waals surface area contributed by atoms with Gasteiger partial charge < -0.3 is 14.0 Å². The Morgan fingerprint density at radius 3 is 2.31 bits per heavy atom. The van der Waals surface area contributed by atoms with Gasteiger partial charge in [-0.3, -0.25) is 4.79 Å². The molecule has 0 radical (unpaired) electrons. The van der Waals surface area contributed by atoms with Gasteiger partial charge in [-0.1, -0.05) is 54.6 Å². The first kappa shape index (κ1) is 26.8. The minimum Gasteiger partial charge on any atom is -0.454 e. The molecule has 8 nitrogen and oxygen atoms in total. The van der Waals surface area contributed by atoms with Crippen LogP contribution in [0.15, 0.2) is 83.8 Å². The molecule has 0 spiro atoms. The van der Waals surface area contributed by atoms with Crippen molar-refractivity contribution in [2.75, 3.05) is 19.7 Å². The Kier molecular flexibility index (Phi) is 7.40. The molecule has 9 heteroatoms. The van der Waals surface area contributed by atoms with Crippen LogP contribution >= 0.6 is 0 Å². The molecule has 202 valence electrons. The van der Waals surface area contributed by atoms with Crippen LogP contribution in [0.2, 0.25) is 0 Å². The summed E-state index contributed by atoms with van der Waals surface area (Å²) in [6.07, 6.45) is -0.477. The number of fused-ring (bicyclic) bond motifs is 1. The fourth-order valence-corrected chi connectivity index (χ4v) is 6.79. The van der Waals surface area contributed by atoms with E-state index in [0.717, 1.165) is 22.2 Å². The first-order chi connectivity index (χ1) is 18.7. The summed E-state index contributed by atoms with van der Waals surface area (Å²) in [4.78, 5) is 26.4. The molecule has 1 fully saturated rings. The van der Waals surface area contributed by atoms with Gasteiger partial charge in [0.25, 0.3) is 0 Å².